The number of rotatable bonds is 2. The highest BCUT2D eigenvalue weighted by atomic mass is 16.2. The summed E-state index contributed by atoms with van der Waals surface area (Å²) >= 11 is 0. The standard InChI is InChI=1S/C20H28N4O/c1-14(2)24-13-20(8-6-18(24)25)7-5-9-23(12-20)19-17(11-21)15(3)10-16(4)22-19/h10,14H,5-9,12-13H2,1-4H3/t20-/m1/s1. The van der Waals surface area contributed by atoms with Crippen LogP contribution in [0.1, 0.15) is 56.4 Å². The van der Waals surface area contributed by atoms with Crippen LogP contribution in [0.25, 0.3) is 0 Å². The van der Waals surface area contributed by atoms with Gasteiger partial charge in [0.15, 0.2) is 0 Å². The van der Waals surface area contributed by atoms with Gasteiger partial charge in [-0.2, -0.15) is 5.26 Å². The summed E-state index contributed by atoms with van der Waals surface area (Å²) in [5, 5.41) is 9.60. The van der Waals surface area contributed by atoms with Crippen molar-refractivity contribution in [2.45, 2.75) is 59.4 Å². The summed E-state index contributed by atoms with van der Waals surface area (Å²) in [4.78, 5) is 21.3. The van der Waals surface area contributed by atoms with E-state index in [1.54, 1.807) is 0 Å². The first kappa shape index (κ1) is 17.7. The Hall–Kier alpha value is -2.09. The SMILES string of the molecule is Cc1cc(C)c(C#N)c(N2CCC[C@@]3(CCC(=O)N(C(C)C)C3)C2)n1. The molecule has 1 atom stereocenters. The third-order valence-corrected chi connectivity index (χ3v) is 5.72. The van der Waals surface area contributed by atoms with Crippen LogP contribution in [0.5, 0.6) is 0 Å². The van der Waals surface area contributed by atoms with Gasteiger partial charge >= 0.3 is 0 Å². The first-order chi connectivity index (χ1) is 11.8. The predicted molar refractivity (Wildman–Crippen MR) is 98.4 cm³/mol. The van der Waals surface area contributed by atoms with Gasteiger partial charge in [0.05, 0.1) is 5.56 Å². The van der Waals surface area contributed by atoms with Crippen LogP contribution in [0.2, 0.25) is 0 Å². The molecule has 5 heteroatoms. The van der Waals surface area contributed by atoms with Crippen molar-refractivity contribution >= 4 is 11.7 Å². The van der Waals surface area contributed by atoms with Gasteiger partial charge in [-0.15, -0.1) is 0 Å². The summed E-state index contributed by atoms with van der Waals surface area (Å²) in [5.74, 6) is 1.10. The monoisotopic (exact) mass is 340 g/mol. The van der Waals surface area contributed by atoms with Crippen molar-refractivity contribution in [2.24, 2.45) is 5.41 Å². The van der Waals surface area contributed by atoms with E-state index in [0.717, 1.165) is 56.0 Å². The third kappa shape index (κ3) is 3.35. The van der Waals surface area contributed by atoms with Gasteiger partial charge in [0.25, 0.3) is 0 Å². The van der Waals surface area contributed by atoms with E-state index in [-0.39, 0.29) is 17.4 Å². The molecule has 2 saturated heterocycles. The van der Waals surface area contributed by atoms with Crippen LogP contribution in [0, 0.1) is 30.6 Å². The summed E-state index contributed by atoms with van der Waals surface area (Å²) in [6.45, 7) is 10.8. The number of anilines is 1. The van der Waals surface area contributed by atoms with E-state index in [4.69, 9.17) is 4.98 Å². The van der Waals surface area contributed by atoms with E-state index in [1.165, 1.54) is 0 Å². The van der Waals surface area contributed by atoms with Gasteiger partial charge in [-0.05, 0) is 58.6 Å². The summed E-state index contributed by atoms with van der Waals surface area (Å²) < 4.78 is 0. The molecule has 0 N–H and O–H groups in total. The van der Waals surface area contributed by atoms with E-state index in [9.17, 15) is 10.1 Å². The van der Waals surface area contributed by atoms with Crippen molar-refractivity contribution in [2.75, 3.05) is 24.5 Å². The molecule has 1 aromatic rings. The number of piperidine rings is 2. The molecule has 2 aliphatic heterocycles. The predicted octanol–water partition coefficient (Wildman–Crippen LogP) is 3.19. The van der Waals surface area contributed by atoms with Crippen LogP contribution in [-0.4, -0.2) is 41.5 Å². The molecular formula is C20H28N4O. The molecule has 0 bridgehead atoms. The molecule has 5 nitrogen and oxygen atoms in total. The maximum absolute atomic E-state index is 12.3. The van der Waals surface area contributed by atoms with Crippen LogP contribution in [-0.2, 0) is 4.79 Å². The molecule has 3 heterocycles. The van der Waals surface area contributed by atoms with Gasteiger partial charge in [0.1, 0.15) is 11.9 Å². The van der Waals surface area contributed by atoms with Crippen LogP contribution in [0.15, 0.2) is 6.07 Å². The molecule has 0 radical (unpaired) electrons. The van der Waals surface area contributed by atoms with E-state index in [2.05, 4.69) is 24.8 Å². The quantitative estimate of drug-likeness (QED) is 0.829. The lowest BCUT2D eigenvalue weighted by atomic mass is 9.73. The van der Waals surface area contributed by atoms with Gasteiger partial charge in [-0.25, -0.2) is 4.98 Å². The van der Waals surface area contributed by atoms with Crippen molar-refractivity contribution in [3.8, 4) is 6.07 Å². The highest BCUT2D eigenvalue weighted by Gasteiger charge is 2.43. The van der Waals surface area contributed by atoms with Crippen molar-refractivity contribution < 1.29 is 4.79 Å². The first-order valence-electron chi connectivity index (χ1n) is 9.28. The number of aromatic nitrogens is 1. The Bertz CT molecular complexity index is 721. The second-order valence-electron chi connectivity index (χ2n) is 8.03. The lowest BCUT2D eigenvalue weighted by Crippen LogP contribution is -2.55. The Morgan fingerprint density at radius 1 is 1.28 bits per heavy atom. The topological polar surface area (TPSA) is 60.2 Å². The number of carbonyl (C=O) groups is 1. The number of hydrogen-bond acceptors (Lipinski definition) is 4. The van der Waals surface area contributed by atoms with Crippen molar-refractivity contribution in [3.05, 3.63) is 22.9 Å². The highest BCUT2D eigenvalue weighted by Crippen LogP contribution is 2.41. The molecule has 2 aliphatic rings. The van der Waals surface area contributed by atoms with Crippen LogP contribution in [0.3, 0.4) is 0 Å². The maximum Gasteiger partial charge on any atom is 0.222 e. The van der Waals surface area contributed by atoms with Gasteiger partial charge in [-0.3, -0.25) is 4.79 Å². The summed E-state index contributed by atoms with van der Waals surface area (Å²) in [6, 6.07) is 4.56. The van der Waals surface area contributed by atoms with Gasteiger partial charge in [-0.1, -0.05) is 0 Å². The zero-order valence-electron chi connectivity index (χ0n) is 15.8. The second-order valence-corrected chi connectivity index (χ2v) is 8.03. The fourth-order valence-corrected chi connectivity index (χ4v) is 4.42. The number of hydrogen-bond donors (Lipinski definition) is 0. The Kier molecular flexibility index (Phi) is 4.73. The molecule has 1 aromatic heterocycles. The molecule has 2 fully saturated rings. The van der Waals surface area contributed by atoms with E-state index in [0.29, 0.717) is 12.0 Å². The van der Waals surface area contributed by atoms with Crippen LogP contribution >= 0.6 is 0 Å². The number of aryl methyl sites for hydroxylation is 2. The highest BCUT2D eigenvalue weighted by molar-refractivity contribution is 5.77. The molecule has 0 saturated carbocycles. The summed E-state index contributed by atoms with van der Waals surface area (Å²) in [5.41, 5.74) is 2.76. The maximum atomic E-state index is 12.3. The van der Waals surface area contributed by atoms with E-state index in [1.807, 2.05) is 24.8 Å². The van der Waals surface area contributed by atoms with Gasteiger partial charge in [0.2, 0.25) is 5.91 Å². The van der Waals surface area contributed by atoms with Crippen LogP contribution < -0.4 is 4.90 Å². The number of nitrogens with zero attached hydrogens (tertiary/aromatic N) is 4. The minimum atomic E-state index is 0.127. The Morgan fingerprint density at radius 3 is 2.72 bits per heavy atom. The normalized spacial score (nSPS) is 24.1. The number of pyridine rings is 1. The summed E-state index contributed by atoms with van der Waals surface area (Å²) in [7, 11) is 0. The fourth-order valence-electron chi connectivity index (χ4n) is 4.42. The Balaban J connectivity index is 1.90. The average Bonchev–Trinajstić information content (AvgIpc) is 2.57. The average molecular weight is 340 g/mol. The minimum absolute atomic E-state index is 0.127. The smallest absolute Gasteiger partial charge is 0.222 e. The van der Waals surface area contributed by atoms with Crippen molar-refractivity contribution in [3.63, 3.8) is 0 Å². The van der Waals surface area contributed by atoms with E-state index >= 15 is 0 Å². The first-order valence-corrected chi connectivity index (χ1v) is 9.28. The zero-order valence-corrected chi connectivity index (χ0v) is 15.8. The number of carbonyl (C=O) groups excluding carboxylic acids is 1. The Morgan fingerprint density at radius 2 is 2.04 bits per heavy atom. The van der Waals surface area contributed by atoms with Crippen molar-refractivity contribution in [1.29, 1.82) is 5.26 Å². The summed E-state index contributed by atoms with van der Waals surface area (Å²) in [6.07, 6.45) is 3.81. The molecule has 1 amide bonds. The second kappa shape index (κ2) is 6.67. The molecule has 1 spiro atoms. The fraction of sp³-hybridized carbons (Fsp3) is 0.650. The van der Waals surface area contributed by atoms with Gasteiger partial charge < -0.3 is 9.80 Å². The lowest BCUT2D eigenvalue weighted by Gasteiger charge is -2.49. The molecule has 0 aliphatic carbocycles. The van der Waals surface area contributed by atoms with E-state index < -0.39 is 0 Å². The van der Waals surface area contributed by atoms with Gasteiger partial charge in [0, 0.05) is 43.2 Å². The zero-order chi connectivity index (χ0) is 18.2. The molecule has 3 rings (SSSR count). The Labute approximate surface area is 150 Å². The number of nitriles is 1. The minimum Gasteiger partial charge on any atom is -0.355 e. The molecule has 134 valence electrons. The molecule has 0 unspecified atom stereocenters. The largest absolute Gasteiger partial charge is 0.355 e. The molecule has 25 heavy (non-hydrogen) atoms. The number of likely N-dealkylation sites (tertiary alicyclic amines) is 1. The number of amides is 1. The van der Waals surface area contributed by atoms with Crippen LogP contribution in [0.4, 0.5) is 5.82 Å². The lowest BCUT2D eigenvalue weighted by molar-refractivity contribution is -0.140. The third-order valence-electron chi connectivity index (χ3n) is 5.72. The molecule has 0 aromatic carbocycles. The van der Waals surface area contributed by atoms with Crippen molar-refractivity contribution in [1.82, 2.24) is 9.88 Å². The molecular weight excluding hydrogens is 312 g/mol.